The Morgan fingerprint density at radius 3 is 2.42 bits per heavy atom. The largest absolute Gasteiger partial charge is 0.468 e. The number of halogens is 4. The first kappa shape index (κ1) is 16.8. The van der Waals surface area contributed by atoms with Crippen molar-refractivity contribution < 1.29 is 32.3 Å². The van der Waals surface area contributed by atoms with E-state index in [1.165, 1.54) is 13.0 Å². The molecule has 0 radical (unpaired) electrons. The smallest absolute Gasteiger partial charge is 0.416 e. The molecule has 2 aliphatic rings. The van der Waals surface area contributed by atoms with E-state index in [1.54, 1.807) is 0 Å². The molecule has 1 aliphatic carbocycles. The van der Waals surface area contributed by atoms with Gasteiger partial charge in [-0.1, -0.05) is 6.07 Å². The first-order valence-electron chi connectivity index (χ1n) is 6.84. The molecule has 3 rings (SSSR count). The highest BCUT2D eigenvalue weighted by molar-refractivity contribution is 6.48. The summed E-state index contributed by atoms with van der Waals surface area (Å²) < 4.78 is 43.0. The molecule has 128 valence electrons. The zero-order valence-corrected chi connectivity index (χ0v) is 13.2. The van der Waals surface area contributed by atoms with Crippen molar-refractivity contribution in [3.8, 4) is 0 Å². The predicted molar refractivity (Wildman–Crippen MR) is 76.1 cm³/mol. The van der Waals surface area contributed by atoms with Gasteiger partial charge in [0, 0.05) is 0 Å². The van der Waals surface area contributed by atoms with Crippen molar-refractivity contribution in [3.63, 3.8) is 0 Å². The summed E-state index contributed by atoms with van der Waals surface area (Å²) in [6.45, 7) is 1.33. The molecule has 0 N–H and O–H groups in total. The van der Waals surface area contributed by atoms with Gasteiger partial charge in [-0.2, -0.15) is 13.2 Å². The Morgan fingerprint density at radius 2 is 1.96 bits per heavy atom. The summed E-state index contributed by atoms with van der Waals surface area (Å²) in [5.41, 5.74) is -2.74. The second kappa shape index (κ2) is 4.72. The number of rotatable bonds is 2. The summed E-state index contributed by atoms with van der Waals surface area (Å²) in [7, 11) is 1.07. The number of hydrogen-bond acceptors (Lipinski definition) is 4. The Hall–Kier alpha value is -2.09. The molecule has 3 atom stereocenters. The van der Waals surface area contributed by atoms with E-state index in [0.717, 1.165) is 19.2 Å². The summed E-state index contributed by atoms with van der Waals surface area (Å²) >= 11 is 6.13. The number of ether oxygens (including phenoxy) is 1. The quantitative estimate of drug-likeness (QED) is 0.461. The molecule has 0 aromatic heterocycles. The van der Waals surface area contributed by atoms with Crippen LogP contribution in [-0.4, -0.2) is 29.8 Å². The first-order valence-corrected chi connectivity index (χ1v) is 7.22. The Kier molecular flexibility index (Phi) is 3.29. The lowest BCUT2D eigenvalue weighted by atomic mass is 10.0. The maximum Gasteiger partial charge on any atom is 0.416 e. The Morgan fingerprint density at radius 1 is 1.33 bits per heavy atom. The molecule has 5 nitrogen and oxygen atoms in total. The highest BCUT2D eigenvalue weighted by Gasteiger charge is 2.90. The van der Waals surface area contributed by atoms with Gasteiger partial charge in [0.05, 0.1) is 29.7 Å². The molecular formula is C15H11ClF3NO4. The molecule has 24 heavy (non-hydrogen) atoms. The van der Waals surface area contributed by atoms with Crippen LogP contribution in [0.2, 0.25) is 0 Å². The van der Waals surface area contributed by atoms with Crippen LogP contribution < -0.4 is 4.90 Å². The maximum absolute atomic E-state index is 12.8. The van der Waals surface area contributed by atoms with Crippen LogP contribution in [0, 0.1) is 11.3 Å². The van der Waals surface area contributed by atoms with Gasteiger partial charge in [-0.05, 0) is 25.1 Å². The van der Waals surface area contributed by atoms with Crippen LogP contribution in [0.3, 0.4) is 0 Å². The van der Waals surface area contributed by atoms with Crippen LogP contribution >= 0.6 is 11.6 Å². The van der Waals surface area contributed by atoms with Crippen molar-refractivity contribution in [2.45, 2.75) is 18.0 Å². The zero-order chi connectivity index (χ0) is 18.1. The Balaban J connectivity index is 2.00. The molecule has 2 amide bonds. The Bertz CT molecular complexity index is 780. The average Bonchev–Trinajstić information content (AvgIpc) is 2.95. The van der Waals surface area contributed by atoms with Crippen molar-refractivity contribution in [2.24, 2.45) is 11.3 Å². The fourth-order valence-electron chi connectivity index (χ4n) is 3.28. The molecule has 1 saturated heterocycles. The minimum Gasteiger partial charge on any atom is -0.468 e. The van der Waals surface area contributed by atoms with Crippen LogP contribution in [0.25, 0.3) is 0 Å². The lowest BCUT2D eigenvalue weighted by Gasteiger charge is -2.23. The lowest BCUT2D eigenvalue weighted by molar-refractivity contribution is -0.144. The number of piperidine rings is 1. The summed E-state index contributed by atoms with van der Waals surface area (Å²) in [6, 6.07) is 3.85. The minimum atomic E-state index is -4.61. The molecular weight excluding hydrogens is 351 g/mol. The van der Waals surface area contributed by atoms with Crippen LogP contribution in [0.4, 0.5) is 18.9 Å². The van der Waals surface area contributed by atoms with E-state index in [9.17, 15) is 27.6 Å². The molecule has 1 heterocycles. The SMILES string of the molecule is COC(=O)[C@]1(Cl)[C@H]2C(=O)N(c3cccc(C(F)(F)F)c3)C(=O)[C@]21C. The Labute approximate surface area is 139 Å². The van der Waals surface area contributed by atoms with Gasteiger partial charge in [0.25, 0.3) is 0 Å². The third-order valence-electron chi connectivity index (χ3n) is 4.68. The number of hydrogen-bond donors (Lipinski definition) is 0. The van der Waals surface area contributed by atoms with Crippen LogP contribution in [0.5, 0.6) is 0 Å². The number of alkyl halides is 4. The van der Waals surface area contributed by atoms with E-state index in [0.29, 0.717) is 11.0 Å². The second-order valence-corrected chi connectivity index (χ2v) is 6.46. The van der Waals surface area contributed by atoms with Crippen LogP contribution in [0.1, 0.15) is 12.5 Å². The number of carbonyl (C=O) groups excluding carboxylic acids is 3. The number of nitrogens with zero attached hydrogens (tertiary/aromatic N) is 1. The third-order valence-corrected chi connectivity index (χ3v) is 5.44. The topological polar surface area (TPSA) is 63.7 Å². The highest BCUT2D eigenvalue weighted by Crippen LogP contribution is 2.71. The molecule has 2 fully saturated rings. The number of amides is 2. The molecule has 0 unspecified atom stereocenters. The van der Waals surface area contributed by atoms with Gasteiger partial charge >= 0.3 is 12.1 Å². The van der Waals surface area contributed by atoms with Gasteiger partial charge in [-0.3, -0.25) is 14.4 Å². The van der Waals surface area contributed by atoms with Gasteiger partial charge in [-0.15, -0.1) is 11.6 Å². The van der Waals surface area contributed by atoms with E-state index in [-0.39, 0.29) is 5.69 Å². The van der Waals surface area contributed by atoms with E-state index in [4.69, 9.17) is 11.6 Å². The van der Waals surface area contributed by atoms with E-state index in [1.807, 2.05) is 0 Å². The number of benzene rings is 1. The van der Waals surface area contributed by atoms with Crippen molar-refractivity contribution in [2.75, 3.05) is 12.0 Å². The van der Waals surface area contributed by atoms with Gasteiger partial charge in [0.15, 0.2) is 4.87 Å². The normalized spacial score (nSPS) is 31.9. The zero-order valence-electron chi connectivity index (χ0n) is 12.5. The van der Waals surface area contributed by atoms with E-state index >= 15 is 0 Å². The third kappa shape index (κ3) is 1.80. The van der Waals surface area contributed by atoms with E-state index in [2.05, 4.69) is 4.74 Å². The van der Waals surface area contributed by atoms with Crippen molar-refractivity contribution in [1.82, 2.24) is 0 Å². The van der Waals surface area contributed by atoms with Gasteiger partial charge in [0.1, 0.15) is 0 Å². The van der Waals surface area contributed by atoms with Crippen molar-refractivity contribution >= 4 is 35.1 Å². The second-order valence-electron chi connectivity index (χ2n) is 5.87. The summed E-state index contributed by atoms with van der Waals surface area (Å²) in [5.74, 6) is -3.72. The van der Waals surface area contributed by atoms with Crippen LogP contribution in [0.15, 0.2) is 24.3 Å². The molecule has 9 heteroatoms. The monoisotopic (exact) mass is 361 g/mol. The standard InChI is InChI=1S/C15H11ClF3NO4/c1-13-9(14(13,16)12(23)24-2)10(21)20(11(13)22)8-5-3-4-7(6-8)15(17,18)19/h3-6,9H,1-2H3/t9-,13-,14+/m0/s1. The number of fused-ring (bicyclic) bond motifs is 1. The number of imide groups is 1. The first-order chi connectivity index (χ1) is 11.0. The minimum absolute atomic E-state index is 0.211. The summed E-state index contributed by atoms with van der Waals surface area (Å²) in [4.78, 5) is 35.7. The number of anilines is 1. The van der Waals surface area contributed by atoms with Crippen molar-refractivity contribution in [3.05, 3.63) is 29.8 Å². The number of esters is 1. The van der Waals surface area contributed by atoms with Crippen molar-refractivity contribution in [1.29, 1.82) is 0 Å². The molecule has 1 aromatic carbocycles. The summed E-state index contributed by atoms with van der Waals surface area (Å²) in [5, 5.41) is 0. The predicted octanol–water partition coefficient (Wildman–Crippen LogP) is 2.37. The highest BCUT2D eigenvalue weighted by atomic mass is 35.5. The fraction of sp³-hybridized carbons (Fsp3) is 0.400. The maximum atomic E-state index is 12.8. The summed E-state index contributed by atoms with van der Waals surface area (Å²) in [6.07, 6.45) is -4.61. The molecule has 0 spiro atoms. The number of carbonyl (C=O) groups is 3. The fourth-order valence-corrected chi connectivity index (χ4v) is 3.80. The molecule has 1 aromatic rings. The molecule has 1 saturated carbocycles. The van der Waals surface area contributed by atoms with E-state index < -0.39 is 45.7 Å². The average molecular weight is 362 g/mol. The van der Waals surface area contributed by atoms with Crippen LogP contribution in [-0.2, 0) is 25.3 Å². The number of methoxy groups -OCH3 is 1. The van der Waals surface area contributed by atoms with Gasteiger partial charge in [-0.25, -0.2) is 4.90 Å². The van der Waals surface area contributed by atoms with Gasteiger partial charge < -0.3 is 4.74 Å². The lowest BCUT2D eigenvalue weighted by Crippen LogP contribution is -2.44. The molecule has 0 bridgehead atoms. The molecule has 1 aliphatic heterocycles. The van der Waals surface area contributed by atoms with Gasteiger partial charge in [0.2, 0.25) is 11.8 Å².